The number of benzene rings is 1. The van der Waals surface area contributed by atoms with E-state index < -0.39 is 0 Å². The fourth-order valence-corrected chi connectivity index (χ4v) is 4.45. The van der Waals surface area contributed by atoms with E-state index in [0.29, 0.717) is 6.04 Å². The van der Waals surface area contributed by atoms with Crippen LogP contribution in [-0.4, -0.2) is 11.0 Å². The summed E-state index contributed by atoms with van der Waals surface area (Å²) in [6, 6.07) is 5.39. The van der Waals surface area contributed by atoms with Crippen LogP contribution < -0.4 is 5.32 Å². The molecule has 100 valence electrons. The number of anilines is 1. The Morgan fingerprint density at radius 3 is 2.53 bits per heavy atom. The lowest BCUT2D eigenvalue weighted by Crippen LogP contribution is -2.13. The van der Waals surface area contributed by atoms with Crippen molar-refractivity contribution in [2.45, 2.75) is 57.4 Å². The molecule has 1 aromatic heterocycles. The molecule has 1 aromatic carbocycles. The van der Waals surface area contributed by atoms with E-state index in [1.54, 1.807) is 5.56 Å². The Kier molecular flexibility index (Phi) is 2.95. The highest BCUT2D eigenvalue weighted by Gasteiger charge is 2.17. The number of aryl methyl sites for hydroxylation is 2. The Morgan fingerprint density at radius 2 is 1.74 bits per heavy atom. The second-order valence-electron chi connectivity index (χ2n) is 5.94. The molecule has 1 heterocycles. The van der Waals surface area contributed by atoms with Crippen LogP contribution in [0.3, 0.4) is 0 Å². The Bertz CT molecular complexity index is 553. The summed E-state index contributed by atoms with van der Waals surface area (Å²) in [5.74, 6) is 0. The summed E-state index contributed by atoms with van der Waals surface area (Å²) < 4.78 is 1.36. The van der Waals surface area contributed by atoms with Crippen molar-refractivity contribution in [2.75, 3.05) is 5.32 Å². The van der Waals surface area contributed by atoms with Crippen LogP contribution in [0.5, 0.6) is 0 Å². The molecule has 0 atom stereocenters. The van der Waals surface area contributed by atoms with Gasteiger partial charge in [-0.1, -0.05) is 24.2 Å². The first kappa shape index (κ1) is 11.7. The van der Waals surface area contributed by atoms with Gasteiger partial charge in [-0.05, 0) is 61.8 Å². The first-order chi connectivity index (χ1) is 9.38. The number of rotatable bonds is 2. The normalized spacial score (nSPS) is 19.8. The van der Waals surface area contributed by atoms with Crippen LogP contribution in [0.2, 0.25) is 0 Å². The molecule has 19 heavy (non-hydrogen) atoms. The largest absolute Gasteiger partial charge is 0.359 e. The summed E-state index contributed by atoms with van der Waals surface area (Å²) in [6.07, 6.45) is 10.6. The van der Waals surface area contributed by atoms with Crippen molar-refractivity contribution < 1.29 is 0 Å². The summed E-state index contributed by atoms with van der Waals surface area (Å²) in [7, 11) is 0. The maximum Gasteiger partial charge on any atom is 0.184 e. The highest BCUT2D eigenvalue weighted by molar-refractivity contribution is 7.22. The zero-order valence-electron chi connectivity index (χ0n) is 11.2. The van der Waals surface area contributed by atoms with Crippen molar-refractivity contribution in [3.63, 3.8) is 0 Å². The van der Waals surface area contributed by atoms with Crippen molar-refractivity contribution in [3.8, 4) is 0 Å². The minimum atomic E-state index is 0.662. The molecule has 2 nitrogen and oxygen atoms in total. The highest BCUT2D eigenvalue weighted by atomic mass is 32.1. The molecular weight excluding hydrogens is 252 g/mol. The van der Waals surface area contributed by atoms with E-state index in [1.165, 1.54) is 67.1 Å². The van der Waals surface area contributed by atoms with Crippen LogP contribution in [0.4, 0.5) is 5.13 Å². The third-order valence-electron chi connectivity index (χ3n) is 4.53. The average molecular weight is 272 g/mol. The van der Waals surface area contributed by atoms with Crippen molar-refractivity contribution in [1.82, 2.24) is 4.98 Å². The fraction of sp³-hybridized carbons (Fsp3) is 0.562. The predicted molar refractivity (Wildman–Crippen MR) is 82.1 cm³/mol. The van der Waals surface area contributed by atoms with E-state index >= 15 is 0 Å². The molecule has 0 spiro atoms. The monoisotopic (exact) mass is 272 g/mol. The second-order valence-corrected chi connectivity index (χ2v) is 6.97. The smallest absolute Gasteiger partial charge is 0.184 e. The molecule has 2 aromatic rings. The standard InChI is InChI=1S/C16H20N2S/c1-2-6-12-10-15-14(9-11(12)5-1)18-16(19-15)17-13-7-3-4-8-13/h9-10,13H,1-8H2,(H,17,18). The van der Waals surface area contributed by atoms with Crippen LogP contribution >= 0.6 is 11.3 Å². The number of nitrogens with one attached hydrogen (secondary N) is 1. The van der Waals surface area contributed by atoms with Gasteiger partial charge in [0, 0.05) is 6.04 Å². The molecule has 1 N–H and O–H groups in total. The summed E-state index contributed by atoms with van der Waals surface area (Å²) in [4.78, 5) is 4.79. The van der Waals surface area contributed by atoms with Crippen molar-refractivity contribution in [1.29, 1.82) is 0 Å². The topological polar surface area (TPSA) is 24.9 Å². The molecule has 1 fully saturated rings. The lowest BCUT2D eigenvalue weighted by molar-refractivity contribution is 0.687. The number of hydrogen-bond donors (Lipinski definition) is 1. The van der Waals surface area contributed by atoms with Gasteiger partial charge in [-0.3, -0.25) is 0 Å². The van der Waals surface area contributed by atoms with Gasteiger partial charge in [0.2, 0.25) is 0 Å². The highest BCUT2D eigenvalue weighted by Crippen LogP contribution is 2.33. The van der Waals surface area contributed by atoms with Gasteiger partial charge in [0.1, 0.15) is 0 Å². The molecule has 1 saturated carbocycles. The van der Waals surface area contributed by atoms with Gasteiger partial charge in [-0.2, -0.15) is 0 Å². The summed E-state index contributed by atoms with van der Waals surface area (Å²) in [5.41, 5.74) is 4.30. The lowest BCUT2D eigenvalue weighted by atomic mass is 9.92. The Labute approximate surface area is 118 Å². The third kappa shape index (κ3) is 2.25. The SMILES string of the molecule is c1c2c(cc3sc(NC4CCCC4)nc13)CCCC2. The first-order valence-electron chi connectivity index (χ1n) is 7.57. The van der Waals surface area contributed by atoms with Gasteiger partial charge >= 0.3 is 0 Å². The number of aromatic nitrogens is 1. The van der Waals surface area contributed by atoms with E-state index in [2.05, 4.69) is 17.4 Å². The Morgan fingerprint density at radius 1 is 1.00 bits per heavy atom. The minimum absolute atomic E-state index is 0.662. The first-order valence-corrected chi connectivity index (χ1v) is 8.39. The fourth-order valence-electron chi connectivity index (χ4n) is 3.46. The lowest BCUT2D eigenvalue weighted by Gasteiger charge is -2.14. The molecule has 0 saturated heterocycles. The predicted octanol–water partition coefficient (Wildman–Crippen LogP) is 4.53. The zero-order chi connectivity index (χ0) is 12.7. The van der Waals surface area contributed by atoms with E-state index in [9.17, 15) is 0 Å². The molecule has 2 aliphatic carbocycles. The molecule has 0 amide bonds. The minimum Gasteiger partial charge on any atom is -0.359 e. The molecule has 0 unspecified atom stereocenters. The van der Waals surface area contributed by atoms with E-state index in [4.69, 9.17) is 4.98 Å². The van der Waals surface area contributed by atoms with E-state index in [0.717, 1.165) is 5.13 Å². The Hall–Kier alpha value is -1.09. The van der Waals surface area contributed by atoms with Crippen molar-refractivity contribution in [3.05, 3.63) is 23.3 Å². The molecular formula is C16H20N2S. The van der Waals surface area contributed by atoms with Crippen molar-refractivity contribution in [2.24, 2.45) is 0 Å². The number of nitrogens with zero attached hydrogens (tertiary/aromatic N) is 1. The molecule has 0 aliphatic heterocycles. The summed E-state index contributed by atoms with van der Waals surface area (Å²) >= 11 is 1.83. The molecule has 0 radical (unpaired) electrons. The zero-order valence-corrected chi connectivity index (χ0v) is 12.1. The molecule has 4 rings (SSSR count). The average Bonchev–Trinajstić information content (AvgIpc) is 3.05. The van der Waals surface area contributed by atoms with Gasteiger partial charge in [-0.15, -0.1) is 0 Å². The quantitative estimate of drug-likeness (QED) is 0.868. The molecule has 2 aliphatic rings. The van der Waals surface area contributed by atoms with Gasteiger partial charge in [0.05, 0.1) is 10.2 Å². The van der Waals surface area contributed by atoms with Crippen LogP contribution in [0.25, 0.3) is 10.2 Å². The molecule has 3 heteroatoms. The number of hydrogen-bond acceptors (Lipinski definition) is 3. The van der Waals surface area contributed by atoms with E-state index in [1.807, 2.05) is 11.3 Å². The van der Waals surface area contributed by atoms with Gasteiger partial charge in [0.15, 0.2) is 5.13 Å². The van der Waals surface area contributed by atoms with Gasteiger partial charge in [0.25, 0.3) is 0 Å². The van der Waals surface area contributed by atoms with Gasteiger partial charge in [-0.25, -0.2) is 4.98 Å². The van der Waals surface area contributed by atoms with Crippen molar-refractivity contribution >= 4 is 26.7 Å². The number of thiazole rings is 1. The molecule has 0 bridgehead atoms. The van der Waals surface area contributed by atoms with Crippen LogP contribution in [0, 0.1) is 0 Å². The van der Waals surface area contributed by atoms with Crippen LogP contribution in [0.15, 0.2) is 12.1 Å². The Balaban J connectivity index is 1.66. The third-order valence-corrected chi connectivity index (χ3v) is 5.48. The van der Waals surface area contributed by atoms with E-state index in [-0.39, 0.29) is 0 Å². The number of fused-ring (bicyclic) bond motifs is 2. The summed E-state index contributed by atoms with van der Waals surface area (Å²) in [6.45, 7) is 0. The second kappa shape index (κ2) is 4.78. The van der Waals surface area contributed by atoms with Crippen LogP contribution in [0.1, 0.15) is 49.7 Å². The maximum atomic E-state index is 4.79. The van der Waals surface area contributed by atoms with Crippen LogP contribution in [-0.2, 0) is 12.8 Å². The maximum absolute atomic E-state index is 4.79. The van der Waals surface area contributed by atoms with Gasteiger partial charge < -0.3 is 5.32 Å². The summed E-state index contributed by atoms with van der Waals surface area (Å²) in [5, 5.41) is 4.76.